The molecule has 48 heavy (non-hydrogen) atoms. The van der Waals surface area contributed by atoms with Crippen molar-refractivity contribution in [2.75, 3.05) is 4.90 Å². The lowest BCUT2D eigenvalue weighted by Crippen LogP contribution is -2.51. The number of aromatic nitrogens is 3. The Kier molecular flexibility index (Phi) is 5.78. The van der Waals surface area contributed by atoms with Gasteiger partial charge in [0.2, 0.25) is 0 Å². The summed E-state index contributed by atoms with van der Waals surface area (Å²) in [6, 6.07) is 27.1. The van der Waals surface area contributed by atoms with E-state index < -0.39 is 0 Å². The molecule has 0 atom stereocenters. The highest BCUT2D eigenvalue weighted by Gasteiger charge is 2.56. The smallest absolute Gasteiger partial charge is 0.163 e. The van der Waals surface area contributed by atoms with E-state index in [1.54, 1.807) is 0 Å². The SMILES string of the molecule is CC1(C)c2ccccc2N(c2ccc(-c3nc(C45CC6CC(CC(C6)C4)C5)nc(C45CC6CC(CC(C6)C4)C5)n3)cc2)c2ccccc21. The van der Waals surface area contributed by atoms with E-state index >= 15 is 0 Å². The second kappa shape index (κ2) is 9.79. The van der Waals surface area contributed by atoms with Crippen LogP contribution in [0.25, 0.3) is 11.4 Å². The highest BCUT2D eigenvalue weighted by molar-refractivity contribution is 5.86. The Hall–Kier alpha value is -3.53. The molecular formula is C44H48N4. The Morgan fingerprint density at radius 3 is 1.31 bits per heavy atom. The van der Waals surface area contributed by atoms with Gasteiger partial charge in [0.05, 0.1) is 11.4 Å². The van der Waals surface area contributed by atoms with Crippen LogP contribution in [0.4, 0.5) is 17.1 Å². The first-order valence-electron chi connectivity index (χ1n) is 19.2. The summed E-state index contributed by atoms with van der Waals surface area (Å²) in [5.41, 5.74) is 7.86. The fourth-order valence-electron chi connectivity index (χ4n) is 13.5. The zero-order valence-electron chi connectivity index (χ0n) is 28.7. The first-order valence-corrected chi connectivity index (χ1v) is 19.2. The van der Waals surface area contributed by atoms with Gasteiger partial charge in [0.1, 0.15) is 11.6 Å². The Bertz CT molecular complexity index is 1760. The first kappa shape index (κ1) is 28.3. The molecule has 0 amide bonds. The zero-order valence-corrected chi connectivity index (χ0v) is 28.7. The van der Waals surface area contributed by atoms with Crippen molar-refractivity contribution >= 4 is 17.1 Å². The topological polar surface area (TPSA) is 41.9 Å². The third-order valence-corrected chi connectivity index (χ3v) is 14.7. The minimum Gasteiger partial charge on any atom is -0.310 e. The molecule has 8 aliphatic carbocycles. The number of para-hydroxylation sites is 2. The maximum atomic E-state index is 5.66. The molecule has 244 valence electrons. The summed E-state index contributed by atoms with van der Waals surface area (Å²) in [5.74, 6) is 8.51. The molecule has 0 radical (unpaired) electrons. The Labute approximate surface area is 285 Å². The van der Waals surface area contributed by atoms with Crippen LogP contribution >= 0.6 is 0 Å². The summed E-state index contributed by atoms with van der Waals surface area (Å²) < 4.78 is 0. The van der Waals surface area contributed by atoms with Gasteiger partial charge < -0.3 is 4.90 Å². The Morgan fingerprint density at radius 1 is 0.500 bits per heavy atom. The van der Waals surface area contributed by atoms with Crippen molar-refractivity contribution in [3.05, 3.63) is 95.6 Å². The fourth-order valence-corrected chi connectivity index (χ4v) is 13.5. The molecule has 0 spiro atoms. The Morgan fingerprint density at radius 2 is 0.896 bits per heavy atom. The molecule has 9 aliphatic rings. The van der Waals surface area contributed by atoms with E-state index in [4.69, 9.17) is 15.0 Å². The minimum absolute atomic E-state index is 0.0597. The summed E-state index contributed by atoms with van der Waals surface area (Å²) in [6.45, 7) is 4.71. The molecule has 0 unspecified atom stereocenters. The van der Waals surface area contributed by atoms with Crippen LogP contribution in [0, 0.1) is 35.5 Å². The van der Waals surface area contributed by atoms with Crippen LogP contribution in [-0.4, -0.2) is 15.0 Å². The molecule has 8 fully saturated rings. The van der Waals surface area contributed by atoms with Crippen molar-refractivity contribution in [3.63, 3.8) is 0 Å². The number of fused-ring (bicyclic) bond motifs is 2. The van der Waals surface area contributed by atoms with Crippen molar-refractivity contribution in [1.82, 2.24) is 15.0 Å². The number of nitrogens with zero attached hydrogens (tertiary/aromatic N) is 4. The van der Waals surface area contributed by atoms with Crippen molar-refractivity contribution in [1.29, 1.82) is 0 Å². The van der Waals surface area contributed by atoms with Gasteiger partial charge in [-0.3, -0.25) is 0 Å². The Balaban J connectivity index is 1.03. The number of hydrogen-bond donors (Lipinski definition) is 0. The molecule has 0 N–H and O–H groups in total. The van der Waals surface area contributed by atoms with Crippen LogP contribution in [0.15, 0.2) is 72.8 Å². The predicted molar refractivity (Wildman–Crippen MR) is 192 cm³/mol. The van der Waals surface area contributed by atoms with E-state index in [-0.39, 0.29) is 16.2 Å². The molecule has 4 aromatic rings. The molecule has 13 rings (SSSR count). The quantitative estimate of drug-likeness (QED) is 0.224. The van der Waals surface area contributed by atoms with Crippen molar-refractivity contribution in [2.24, 2.45) is 35.5 Å². The van der Waals surface area contributed by atoms with Gasteiger partial charge in [-0.25, -0.2) is 15.0 Å². The monoisotopic (exact) mass is 632 g/mol. The van der Waals surface area contributed by atoms with Crippen LogP contribution in [0.2, 0.25) is 0 Å². The van der Waals surface area contributed by atoms with Gasteiger partial charge in [-0.2, -0.15) is 0 Å². The van der Waals surface area contributed by atoms with E-state index in [1.807, 2.05) is 0 Å². The average molecular weight is 633 g/mol. The highest BCUT2D eigenvalue weighted by atomic mass is 15.2. The van der Waals surface area contributed by atoms with Crippen LogP contribution in [0.3, 0.4) is 0 Å². The van der Waals surface area contributed by atoms with Gasteiger partial charge in [-0.05, 0) is 160 Å². The lowest BCUT2D eigenvalue weighted by atomic mass is 9.49. The van der Waals surface area contributed by atoms with Crippen LogP contribution in [0.5, 0.6) is 0 Å². The summed E-state index contributed by atoms with van der Waals surface area (Å²) in [4.78, 5) is 19.2. The van der Waals surface area contributed by atoms with E-state index in [0.717, 1.165) is 46.9 Å². The van der Waals surface area contributed by atoms with Crippen LogP contribution < -0.4 is 4.90 Å². The molecule has 0 saturated heterocycles. The zero-order chi connectivity index (χ0) is 31.8. The van der Waals surface area contributed by atoms with Gasteiger partial charge in [0.15, 0.2) is 5.82 Å². The van der Waals surface area contributed by atoms with Crippen molar-refractivity contribution < 1.29 is 0 Å². The number of benzene rings is 3. The maximum Gasteiger partial charge on any atom is 0.163 e. The van der Waals surface area contributed by atoms with E-state index in [0.29, 0.717) is 0 Å². The third-order valence-electron chi connectivity index (χ3n) is 14.7. The predicted octanol–water partition coefficient (Wildman–Crippen LogP) is 10.6. The molecule has 8 saturated carbocycles. The van der Waals surface area contributed by atoms with Crippen molar-refractivity contribution in [3.8, 4) is 11.4 Å². The molecule has 4 heteroatoms. The van der Waals surface area contributed by atoms with E-state index in [9.17, 15) is 0 Å². The van der Waals surface area contributed by atoms with Gasteiger partial charge >= 0.3 is 0 Å². The number of anilines is 3. The summed E-state index contributed by atoms with van der Waals surface area (Å²) >= 11 is 0. The first-order chi connectivity index (χ1) is 23.3. The van der Waals surface area contributed by atoms with E-state index in [2.05, 4.69) is 91.5 Å². The van der Waals surface area contributed by atoms with Crippen LogP contribution in [-0.2, 0) is 16.2 Å². The van der Waals surface area contributed by atoms with Gasteiger partial charge in [-0.1, -0.05) is 50.2 Å². The highest BCUT2D eigenvalue weighted by Crippen LogP contribution is 2.62. The normalized spacial score (nSPS) is 36.2. The summed E-state index contributed by atoms with van der Waals surface area (Å²) in [5, 5.41) is 0. The van der Waals surface area contributed by atoms with Gasteiger partial charge in [0.25, 0.3) is 0 Å². The van der Waals surface area contributed by atoms with Gasteiger partial charge in [0, 0.05) is 27.5 Å². The summed E-state index contributed by atoms with van der Waals surface area (Å²) in [7, 11) is 0. The second-order valence-corrected chi connectivity index (χ2v) is 18.2. The van der Waals surface area contributed by atoms with Crippen molar-refractivity contribution in [2.45, 2.75) is 107 Å². The molecule has 1 aliphatic heterocycles. The maximum absolute atomic E-state index is 5.66. The molecule has 8 bridgehead atoms. The lowest BCUT2D eigenvalue weighted by molar-refractivity contribution is -0.0155. The third kappa shape index (κ3) is 4.04. The second-order valence-electron chi connectivity index (χ2n) is 18.2. The molecule has 1 aromatic heterocycles. The van der Waals surface area contributed by atoms with Crippen LogP contribution in [0.1, 0.15) is 114 Å². The fraction of sp³-hybridized carbons (Fsp3) is 0.523. The van der Waals surface area contributed by atoms with Gasteiger partial charge in [-0.15, -0.1) is 0 Å². The summed E-state index contributed by atoms with van der Waals surface area (Å²) in [6.07, 6.45) is 16.5. The number of hydrogen-bond acceptors (Lipinski definition) is 4. The molecule has 2 heterocycles. The lowest BCUT2D eigenvalue weighted by Gasteiger charge is -2.57. The van der Waals surface area contributed by atoms with E-state index in [1.165, 1.54) is 117 Å². The molecule has 4 nitrogen and oxygen atoms in total. The molecule has 3 aromatic carbocycles. The molecular weight excluding hydrogens is 585 g/mol. The largest absolute Gasteiger partial charge is 0.310 e. The standard InChI is InChI=1S/C44H48N4/c1-42(2)35-7-3-5-9-37(35)48(38-10-6-4-8-36(38)42)34-13-11-33(12-14-34)39-45-40(43-21-27-15-28(22-43)17-29(16-27)23-43)47-41(46-39)44-24-30-18-31(25-44)20-32(19-30)26-44/h3-14,27-32H,15-26H2,1-2H3. The number of rotatable bonds is 4. The average Bonchev–Trinajstić information content (AvgIpc) is 3.07. The minimum atomic E-state index is -0.0597.